The van der Waals surface area contributed by atoms with Crippen LogP contribution in [0.3, 0.4) is 0 Å². The molecule has 0 heterocycles. The molecule has 0 aliphatic carbocycles. The van der Waals surface area contributed by atoms with E-state index in [4.69, 9.17) is 10.8 Å². The zero-order valence-electron chi connectivity index (χ0n) is 7.64. The summed E-state index contributed by atoms with van der Waals surface area (Å²) < 4.78 is 0. The maximum absolute atomic E-state index is 9.41. The summed E-state index contributed by atoms with van der Waals surface area (Å²) in [5.41, 5.74) is 7.26. The third kappa shape index (κ3) is 2.28. The Labute approximate surface area is 77.8 Å². The minimum Gasteiger partial charge on any atom is -0.394 e. The lowest BCUT2D eigenvalue weighted by atomic mass is 9.98. The van der Waals surface area contributed by atoms with Gasteiger partial charge in [-0.15, -0.1) is 0 Å². The Kier molecular flexibility index (Phi) is 3.42. The van der Waals surface area contributed by atoms with Gasteiger partial charge in [0.25, 0.3) is 0 Å². The largest absolute Gasteiger partial charge is 0.394 e. The van der Waals surface area contributed by atoms with E-state index in [1.54, 1.807) is 6.92 Å². The molecule has 1 rings (SSSR count). The molecule has 72 valence electrons. The molecule has 0 aromatic heterocycles. The average molecular weight is 181 g/mol. The highest BCUT2D eigenvalue weighted by Crippen LogP contribution is 2.21. The van der Waals surface area contributed by atoms with Gasteiger partial charge in [0, 0.05) is 0 Å². The average Bonchev–Trinajstić information content (AvgIpc) is 2.16. The van der Waals surface area contributed by atoms with Crippen LogP contribution in [0.25, 0.3) is 0 Å². The first kappa shape index (κ1) is 10.2. The SMILES string of the molecule is CC(O)c1ccccc1C(N)CO. The summed E-state index contributed by atoms with van der Waals surface area (Å²) in [6.45, 7) is 1.58. The van der Waals surface area contributed by atoms with Gasteiger partial charge in [0.2, 0.25) is 0 Å². The fourth-order valence-corrected chi connectivity index (χ4v) is 1.33. The molecule has 0 spiro atoms. The summed E-state index contributed by atoms with van der Waals surface area (Å²) in [6, 6.07) is 6.91. The number of aliphatic hydroxyl groups excluding tert-OH is 2. The molecule has 4 N–H and O–H groups in total. The van der Waals surface area contributed by atoms with Crippen molar-refractivity contribution in [1.82, 2.24) is 0 Å². The van der Waals surface area contributed by atoms with Crippen LogP contribution >= 0.6 is 0 Å². The zero-order valence-corrected chi connectivity index (χ0v) is 7.64. The van der Waals surface area contributed by atoms with Gasteiger partial charge in [-0.3, -0.25) is 0 Å². The molecule has 2 unspecified atom stereocenters. The van der Waals surface area contributed by atoms with E-state index in [1.807, 2.05) is 24.3 Å². The van der Waals surface area contributed by atoms with Crippen molar-refractivity contribution in [1.29, 1.82) is 0 Å². The summed E-state index contributed by atoms with van der Waals surface area (Å²) in [5.74, 6) is 0. The fourth-order valence-electron chi connectivity index (χ4n) is 1.33. The molecule has 0 saturated carbocycles. The number of hydrogen-bond acceptors (Lipinski definition) is 3. The van der Waals surface area contributed by atoms with Gasteiger partial charge in [0.1, 0.15) is 0 Å². The second-order valence-corrected chi connectivity index (χ2v) is 3.09. The van der Waals surface area contributed by atoms with Crippen LogP contribution in [0.4, 0.5) is 0 Å². The highest BCUT2D eigenvalue weighted by molar-refractivity contribution is 5.31. The first-order valence-corrected chi connectivity index (χ1v) is 4.30. The lowest BCUT2D eigenvalue weighted by molar-refractivity contribution is 0.195. The molecule has 0 aliphatic rings. The molecule has 13 heavy (non-hydrogen) atoms. The Hall–Kier alpha value is -0.900. The van der Waals surface area contributed by atoms with Gasteiger partial charge in [-0.1, -0.05) is 24.3 Å². The standard InChI is InChI=1S/C10H15NO2/c1-7(13)8-4-2-3-5-9(8)10(11)6-12/h2-5,7,10,12-13H,6,11H2,1H3. The molecule has 0 aliphatic heterocycles. The Bertz CT molecular complexity index is 273. The third-order valence-corrected chi connectivity index (χ3v) is 2.04. The summed E-state index contributed by atoms with van der Waals surface area (Å²) in [4.78, 5) is 0. The van der Waals surface area contributed by atoms with Crippen molar-refractivity contribution in [2.75, 3.05) is 6.61 Å². The van der Waals surface area contributed by atoms with Crippen LogP contribution in [0.1, 0.15) is 30.2 Å². The van der Waals surface area contributed by atoms with Crippen molar-refractivity contribution in [2.45, 2.75) is 19.1 Å². The minimum atomic E-state index is -0.547. The van der Waals surface area contributed by atoms with Crippen LogP contribution in [0.2, 0.25) is 0 Å². The van der Waals surface area contributed by atoms with Crippen molar-refractivity contribution in [2.24, 2.45) is 5.73 Å². The maximum Gasteiger partial charge on any atom is 0.0765 e. The van der Waals surface area contributed by atoms with E-state index >= 15 is 0 Å². The van der Waals surface area contributed by atoms with Crippen LogP contribution in [0.5, 0.6) is 0 Å². The summed E-state index contributed by atoms with van der Waals surface area (Å²) in [6.07, 6.45) is -0.547. The molecule has 0 fully saturated rings. The van der Waals surface area contributed by atoms with Gasteiger partial charge >= 0.3 is 0 Å². The van der Waals surface area contributed by atoms with Gasteiger partial charge in [0.15, 0.2) is 0 Å². The Balaban J connectivity index is 3.04. The lowest BCUT2D eigenvalue weighted by Gasteiger charge is -2.15. The molecule has 3 nitrogen and oxygen atoms in total. The van der Waals surface area contributed by atoms with Crippen LogP contribution in [-0.4, -0.2) is 16.8 Å². The van der Waals surface area contributed by atoms with Crippen molar-refractivity contribution in [3.05, 3.63) is 35.4 Å². The Morgan fingerprint density at radius 2 is 1.85 bits per heavy atom. The monoisotopic (exact) mass is 181 g/mol. The van der Waals surface area contributed by atoms with E-state index in [-0.39, 0.29) is 6.61 Å². The number of hydrogen-bond donors (Lipinski definition) is 3. The van der Waals surface area contributed by atoms with Gasteiger partial charge in [-0.05, 0) is 18.1 Å². The van der Waals surface area contributed by atoms with E-state index in [0.29, 0.717) is 0 Å². The molecule has 1 aromatic rings. The van der Waals surface area contributed by atoms with Crippen LogP contribution in [0, 0.1) is 0 Å². The zero-order chi connectivity index (χ0) is 9.84. The molecule has 3 heteroatoms. The van der Waals surface area contributed by atoms with E-state index in [1.165, 1.54) is 0 Å². The van der Waals surface area contributed by atoms with E-state index < -0.39 is 12.1 Å². The van der Waals surface area contributed by atoms with Crippen LogP contribution in [0.15, 0.2) is 24.3 Å². The van der Waals surface area contributed by atoms with Gasteiger partial charge in [0.05, 0.1) is 18.8 Å². The topological polar surface area (TPSA) is 66.5 Å². The van der Waals surface area contributed by atoms with Gasteiger partial charge in [-0.2, -0.15) is 0 Å². The first-order valence-electron chi connectivity index (χ1n) is 4.30. The Morgan fingerprint density at radius 3 is 2.31 bits per heavy atom. The summed E-state index contributed by atoms with van der Waals surface area (Å²) >= 11 is 0. The molecular weight excluding hydrogens is 166 g/mol. The molecule has 1 aromatic carbocycles. The molecule has 0 saturated heterocycles. The number of benzene rings is 1. The van der Waals surface area contributed by atoms with Crippen molar-refractivity contribution >= 4 is 0 Å². The van der Waals surface area contributed by atoms with Crippen molar-refractivity contribution in [3.63, 3.8) is 0 Å². The predicted octanol–water partition coefficient (Wildman–Crippen LogP) is 0.732. The normalized spacial score (nSPS) is 15.4. The first-order chi connectivity index (χ1) is 6.16. The highest BCUT2D eigenvalue weighted by Gasteiger charge is 2.12. The van der Waals surface area contributed by atoms with Gasteiger partial charge in [-0.25, -0.2) is 0 Å². The fraction of sp³-hybridized carbons (Fsp3) is 0.400. The van der Waals surface area contributed by atoms with Crippen molar-refractivity contribution < 1.29 is 10.2 Å². The predicted molar refractivity (Wildman–Crippen MR) is 51.1 cm³/mol. The van der Waals surface area contributed by atoms with E-state index in [9.17, 15) is 5.11 Å². The smallest absolute Gasteiger partial charge is 0.0765 e. The molecule has 0 amide bonds. The molecular formula is C10H15NO2. The molecule has 0 bridgehead atoms. The maximum atomic E-state index is 9.41. The number of nitrogens with two attached hydrogens (primary N) is 1. The quantitative estimate of drug-likeness (QED) is 0.644. The number of rotatable bonds is 3. The van der Waals surface area contributed by atoms with Crippen LogP contribution < -0.4 is 5.73 Å². The van der Waals surface area contributed by atoms with E-state index in [0.717, 1.165) is 11.1 Å². The second kappa shape index (κ2) is 4.37. The summed E-state index contributed by atoms with van der Waals surface area (Å²) in [7, 11) is 0. The van der Waals surface area contributed by atoms with Crippen molar-refractivity contribution in [3.8, 4) is 0 Å². The highest BCUT2D eigenvalue weighted by atomic mass is 16.3. The third-order valence-electron chi connectivity index (χ3n) is 2.04. The van der Waals surface area contributed by atoms with E-state index in [2.05, 4.69) is 0 Å². The van der Waals surface area contributed by atoms with Gasteiger partial charge < -0.3 is 15.9 Å². The lowest BCUT2D eigenvalue weighted by Crippen LogP contribution is -2.17. The van der Waals surface area contributed by atoms with Crippen LogP contribution in [-0.2, 0) is 0 Å². The molecule has 2 atom stereocenters. The number of aliphatic hydroxyl groups is 2. The Morgan fingerprint density at radius 1 is 1.31 bits per heavy atom. The molecule has 0 radical (unpaired) electrons. The minimum absolute atomic E-state index is 0.107. The second-order valence-electron chi connectivity index (χ2n) is 3.09. The summed E-state index contributed by atoms with van der Waals surface area (Å²) in [5, 5.41) is 18.3.